The van der Waals surface area contributed by atoms with Crippen LogP contribution < -0.4 is 0 Å². The predicted octanol–water partition coefficient (Wildman–Crippen LogP) is 0.261. The molecule has 2 heterocycles. The van der Waals surface area contributed by atoms with Gasteiger partial charge in [-0.15, -0.1) is 0 Å². The lowest BCUT2D eigenvalue weighted by Crippen LogP contribution is -2.33. The van der Waals surface area contributed by atoms with Crippen molar-refractivity contribution in [1.29, 1.82) is 0 Å². The van der Waals surface area contributed by atoms with Crippen molar-refractivity contribution in [2.45, 2.75) is 19.8 Å². The standard InChI is InChI=1S/C12H20N2O3/c1-2-13-4-3-9(6-13)7-14-8-10(12(16)17)5-11(14)15/h9-10H,2-8H2,1H3,(H,16,17). The quantitative estimate of drug-likeness (QED) is 0.766. The van der Waals surface area contributed by atoms with Crippen molar-refractivity contribution in [3.05, 3.63) is 0 Å². The zero-order valence-electron chi connectivity index (χ0n) is 10.3. The van der Waals surface area contributed by atoms with E-state index >= 15 is 0 Å². The zero-order valence-corrected chi connectivity index (χ0v) is 10.3. The molecule has 1 N–H and O–H groups in total. The average molecular weight is 240 g/mol. The lowest BCUT2D eigenvalue weighted by atomic mass is 10.1. The summed E-state index contributed by atoms with van der Waals surface area (Å²) in [4.78, 5) is 26.6. The van der Waals surface area contributed by atoms with Crippen LogP contribution in [0.1, 0.15) is 19.8 Å². The number of hydrogen-bond acceptors (Lipinski definition) is 3. The van der Waals surface area contributed by atoms with Gasteiger partial charge in [0.1, 0.15) is 0 Å². The van der Waals surface area contributed by atoms with E-state index in [-0.39, 0.29) is 12.3 Å². The van der Waals surface area contributed by atoms with E-state index in [9.17, 15) is 9.59 Å². The molecule has 2 unspecified atom stereocenters. The van der Waals surface area contributed by atoms with Crippen molar-refractivity contribution >= 4 is 11.9 Å². The van der Waals surface area contributed by atoms with E-state index in [0.717, 1.165) is 32.6 Å². The largest absolute Gasteiger partial charge is 0.481 e. The smallest absolute Gasteiger partial charge is 0.308 e. The highest BCUT2D eigenvalue weighted by Crippen LogP contribution is 2.23. The number of carboxylic acids is 1. The van der Waals surface area contributed by atoms with Gasteiger partial charge in [-0.25, -0.2) is 0 Å². The highest BCUT2D eigenvalue weighted by molar-refractivity contribution is 5.86. The Morgan fingerprint density at radius 1 is 1.47 bits per heavy atom. The lowest BCUT2D eigenvalue weighted by molar-refractivity contribution is -0.141. The fourth-order valence-corrected chi connectivity index (χ4v) is 2.77. The molecule has 2 fully saturated rings. The molecule has 2 rings (SSSR count). The van der Waals surface area contributed by atoms with E-state index in [2.05, 4.69) is 11.8 Å². The van der Waals surface area contributed by atoms with Crippen molar-refractivity contribution in [3.8, 4) is 0 Å². The van der Waals surface area contributed by atoms with Crippen LogP contribution >= 0.6 is 0 Å². The minimum atomic E-state index is -0.845. The highest BCUT2D eigenvalue weighted by Gasteiger charge is 2.36. The Hall–Kier alpha value is -1.10. The van der Waals surface area contributed by atoms with Gasteiger partial charge in [0.2, 0.25) is 5.91 Å². The first-order chi connectivity index (χ1) is 8.10. The van der Waals surface area contributed by atoms with E-state index in [1.807, 2.05) is 0 Å². The normalized spacial score (nSPS) is 30.2. The Bertz CT molecular complexity index is 319. The number of amides is 1. The first-order valence-corrected chi connectivity index (χ1v) is 6.33. The van der Waals surface area contributed by atoms with E-state index in [0.29, 0.717) is 12.5 Å². The number of rotatable bonds is 4. The first-order valence-electron chi connectivity index (χ1n) is 6.33. The summed E-state index contributed by atoms with van der Waals surface area (Å²) in [5.74, 6) is -0.813. The van der Waals surface area contributed by atoms with Crippen LogP contribution in [0.3, 0.4) is 0 Å². The summed E-state index contributed by atoms with van der Waals surface area (Å²) < 4.78 is 0. The Kier molecular flexibility index (Phi) is 3.66. The molecule has 5 nitrogen and oxygen atoms in total. The monoisotopic (exact) mass is 240 g/mol. The maximum Gasteiger partial charge on any atom is 0.308 e. The Morgan fingerprint density at radius 3 is 2.76 bits per heavy atom. The molecule has 2 atom stereocenters. The SMILES string of the molecule is CCN1CCC(CN2CC(C(=O)O)CC2=O)C1. The second kappa shape index (κ2) is 5.04. The van der Waals surface area contributed by atoms with E-state index < -0.39 is 11.9 Å². The van der Waals surface area contributed by atoms with E-state index in [1.165, 1.54) is 0 Å². The first kappa shape index (κ1) is 12.4. The molecule has 2 aliphatic rings. The van der Waals surface area contributed by atoms with Crippen molar-refractivity contribution in [2.75, 3.05) is 32.7 Å². The number of carboxylic acid groups (broad SMARTS) is 1. The van der Waals surface area contributed by atoms with Gasteiger partial charge in [0.15, 0.2) is 0 Å². The molecule has 0 aromatic rings. The van der Waals surface area contributed by atoms with Gasteiger partial charge in [0, 0.05) is 26.1 Å². The molecule has 96 valence electrons. The number of likely N-dealkylation sites (tertiary alicyclic amines) is 2. The van der Waals surface area contributed by atoms with Gasteiger partial charge in [-0.1, -0.05) is 6.92 Å². The van der Waals surface area contributed by atoms with Gasteiger partial charge in [0.05, 0.1) is 5.92 Å². The summed E-state index contributed by atoms with van der Waals surface area (Å²) >= 11 is 0. The summed E-state index contributed by atoms with van der Waals surface area (Å²) in [6.45, 7) is 6.48. The van der Waals surface area contributed by atoms with Crippen molar-refractivity contribution in [3.63, 3.8) is 0 Å². The van der Waals surface area contributed by atoms with Crippen LogP contribution in [-0.2, 0) is 9.59 Å². The van der Waals surface area contributed by atoms with Gasteiger partial charge in [-0.2, -0.15) is 0 Å². The fourth-order valence-electron chi connectivity index (χ4n) is 2.77. The minimum absolute atomic E-state index is 0.00680. The number of nitrogens with zero attached hydrogens (tertiary/aromatic N) is 2. The fraction of sp³-hybridized carbons (Fsp3) is 0.833. The Balaban J connectivity index is 1.84. The number of carbonyl (C=O) groups is 2. The molecular weight excluding hydrogens is 220 g/mol. The van der Waals surface area contributed by atoms with Crippen molar-refractivity contribution in [2.24, 2.45) is 11.8 Å². The van der Waals surface area contributed by atoms with Crippen LogP contribution in [0.4, 0.5) is 0 Å². The van der Waals surface area contributed by atoms with Gasteiger partial charge >= 0.3 is 5.97 Å². The molecular formula is C12H20N2O3. The maximum absolute atomic E-state index is 11.7. The van der Waals surface area contributed by atoms with Crippen molar-refractivity contribution in [1.82, 2.24) is 9.80 Å². The Labute approximate surface area is 101 Å². The molecule has 0 aromatic carbocycles. The number of hydrogen-bond donors (Lipinski definition) is 1. The predicted molar refractivity (Wildman–Crippen MR) is 62.5 cm³/mol. The summed E-state index contributed by atoms with van der Waals surface area (Å²) in [6, 6.07) is 0. The average Bonchev–Trinajstić information content (AvgIpc) is 2.87. The van der Waals surface area contributed by atoms with Crippen LogP contribution in [0.2, 0.25) is 0 Å². The minimum Gasteiger partial charge on any atom is -0.481 e. The van der Waals surface area contributed by atoms with Gasteiger partial charge in [-0.05, 0) is 25.4 Å². The van der Waals surface area contributed by atoms with Crippen LogP contribution in [0, 0.1) is 11.8 Å². The zero-order chi connectivity index (χ0) is 12.4. The lowest BCUT2D eigenvalue weighted by Gasteiger charge is -2.20. The highest BCUT2D eigenvalue weighted by atomic mass is 16.4. The molecule has 0 saturated carbocycles. The third-order valence-corrected chi connectivity index (χ3v) is 3.86. The molecule has 2 saturated heterocycles. The summed E-state index contributed by atoms with van der Waals surface area (Å²) in [6.07, 6.45) is 1.30. The summed E-state index contributed by atoms with van der Waals surface area (Å²) in [5, 5.41) is 8.90. The van der Waals surface area contributed by atoms with E-state index in [1.54, 1.807) is 4.90 Å². The molecule has 0 spiro atoms. The van der Waals surface area contributed by atoms with Gasteiger partial charge in [-0.3, -0.25) is 9.59 Å². The van der Waals surface area contributed by atoms with Crippen LogP contribution in [0.25, 0.3) is 0 Å². The second-order valence-corrected chi connectivity index (χ2v) is 5.09. The molecule has 17 heavy (non-hydrogen) atoms. The number of aliphatic carboxylic acids is 1. The van der Waals surface area contributed by atoms with Crippen LogP contribution in [0.5, 0.6) is 0 Å². The number of carbonyl (C=O) groups excluding carboxylic acids is 1. The summed E-state index contributed by atoms with van der Waals surface area (Å²) in [5.41, 5.74) is 0. The maximum atomic E-state index is 11.7. The molecule has 5 heteroatoms. The molecule has 0 bridgehead atoms. The second-order valence-electron chi connectivity index (χ2n) is 5.09. The van der Waals surface area contributed by atoms with Gasteiger partial charge < -0.3 is 14.9 Å². The molecule has 0 radical (unpaired) electrons. The topological polar surface area (TPSA) is 60.9 Å². The summed E-state index contributed by atoms with van der Waals surface area (Å²) in [7, 11) is 0. The molecule has 0 aromatic heterocycles. The third-order valence-electron chi connectivity index (χ3n) is 3.86. The Morgan fingerprint density at radius 2 is 2.24 bits per heavy atom. The van der Waals surface area contributed by atoms with E-state index in [4.69, 9.17) is 5.11 Å². The van der Waals surface area contributed by atoms with Gasteiger partial charge in [0.25, 0.3) is 0 Å². The molecule has 0 aliphatic carbocycles. The third kappa shape index (κ3) is 2.77. The molecule has 1 amide bonds. The van der Waals surface area contributed by atoms with Crippen LogP contribution in [0.15, 0.2) is 0 Å². The van der Waals surface area contributed by atoms with Crippen LogP contribution in [-0.4, -0.2) is 59.5 Å². The molecule has 2 aliphatic heterocycles. The van der Waals surface area contributed by atoms with Crippen molar-refractivity contribution < 1.29 is 14.7 Å².